The van der Waals surface area contributed by atoms with Crippen LogP contribution in [0.5, 0.6) is 11.5 Å². The lowest BCUT2D eigenvalue weighted by atomic mass is 9.80. The molecule has 0 bridgehead atoms. The summed E-state index contributed by atoms with van der Waals surface area (Å²) in [5.74, 6) is -1.49. The first-order chi connectivity index (χ1) is 22.1. The molecule has 1 unspecified atom stereocenters. The number of hydrogen-bond acceptors (Lipinski definition) is 11. The Morgan fingerprint density at radius 1 is 1.00 bits per heavy atom. The van der Waals surface area contributed by atoms with Crippen LogP contribution in [0, 0.1) is 0 Å². The lowest BCUT2D eigenvalue weighted by Gasteiger charge is -2.25. The van der Waals surface area contributed by atoms with Gasteiger partial charge in [0.15, 0.2) is 28.6 Å². The minimum absolute atomic E-state index is 0.0152. The van der Waals surface area contributed by atoms with E-state index in [2.05, 4.69) is 10.6 Å². The van der Waals surface area contributed by atoms with Gasteiger partial charge in [0.1, 0.15) is 6.42 Å². The van der Waals surface area contributed by atoms with Crippen LogP contribution in [0.15, 0.2) is 27.3 Å². The molecule has 46 heavy (non-hydrogen) atoms. The Labute approximate surface area is 261 Å². The third-order valence-corrected chi connectivity index (χ3v) is 8.74. The maximum Gasteiger partial charge on any atom is 0.309 e. The molecule has 0 spiro atoms. The Morgan fingerprint density at radius 3 is 2.28 bits per heavy atom. The highest BCUT2D eigenvalue weighted by Gasteiger charge is 2.32. The fourth-order valence-electron chi connectivity index (χ4n) is 7.05. The number of hydrogen-bond donors (Lipinski definition) is 6. The number of phenols is 1. The van der Waals surface area contributed by atoms with E-state index in [1.165, 1.54) is 19.2 Å². The van der Waals surface area contributed by atoms with E-state index in [1.807, 2.05) is 19.9 Å². The summed E-state index contributed by atoms with van der Waals surface area (Å²) in [5.41, 5.74) is 2.15. The molecule has 238 valence electrons. The lowest BCUT2D eigenvalue weighted by Crippen LogP contribution is -2.28. The third kappa shape index (κ3) is 4.48. The molecule has 5 aromatic carbocycles. The number of aliphatic hydroxyl groups is 2. The summed E-state index contributed by atoms with van der Waals surface area (Å²) in [5, 5.41) is 51.2. The van der Waals surface area contributed by atoms with Crippen LogP contribution in [0.4, 0.5) is 5.69 Å². The van der Waals surface area contributed by atoms with Crippen LogP contribution < -0.4 is 26.2 Å². The largest absolute Gasteiger partial charge is 0.504 e. The lowest BCUT2D eigenvalue weighted by molar-refractivity contribution is -0.142. The van der Waals surface area contributed by atoms with Crippen molar-refractivity contribution in [2.24, 2.45) is 0 Å². The number of aliphatic carboxylic acids is 1. The van der Waals surface area contributed by atoms with Gasteiger partial charge in [-0.3, -0.25) is 19.2 Å². The Balaban J connectivity index is 1.99. The zero-order valence-corrected chi connectivity index (χ0v) is 25.4. The number of aliphatic hydroxyl groups excluding tert-OH is 2. The van der Waals surface area contributed by atoms with Gasteiger partial charge in [0.25, 0.3) is 6.47 Å². The summed E-state index contributed by atoms with van der Waals surface area (Å²) in [6.45, 7) is 3.51. The number of aromatic hydroxyl groups is 1. The second-order valence-corrected chi connectivity index (χ2v) is 11.4. The summed E-state index contributed by atoms with van der Waals surface area (Å²) in [4.78, 5) is 51.2. The van der Waals surface area contributed by atoms with Crippen LogP contribution in [-0.2, 0) is 40.5 Å². The standard InChI is InChI=1S/C34H32N2O10/c1-4-35-10-19-17-5-14(2)6-18-27-26(17)30-24(25-16(12-38)8-21(40)29(31(25)27)33(44)34(18)45-3)15(11-37)7-20(28(30)32(19)43)36-22(46-13-39)9-23(41)42/h5,7-8,13,22,35-38,44H,4,6,9-12H2,1-3H3,(H,41,42). The molecule has 1 atom stereocenters. The highest BCUT2D eigenvalue weighted by molar-refractivity contribution is 6.38. The topological polar surface area (TPSA) is 192 Å². The van der Waals surface area contributed by atoms with Gasteiger partial charge in [0.2, 0.25) is 0 Å². The predicted octanol–water partition coefficient (Wildman–Crippen LogP) is 3.05. The van der Waals surface area contributed by atoms with Gasteiger partial charge in [0, 0.05) is 34.1 Å². The Bertz CT molecular complexity index is 2230. The van der Waals surface area contributed by atoms with Gasteiger partial charge in [-0.2, -0.15) is 0 Å². The van der Waals surface area contributed by atoms with E-state index in [0.29, 0.717) is 67.5 Å². The first-order valence-electron chi connectivity index (χ1n) is 14.7. The van der Waals surface area contributed by atoms with E-state index in [1.54, 1.807) is 0 Å². The van der Waals surface area contributed by atoms with Crippen LogP contribution in [0.3, 0.4) is 0 Å². The molecule has 0 heterocycles. The first-order valence-corrected chi connectivity index (χ1v) is 14.7. The average Bonchev–Trinajstić information content (AvgIpc) is 3.16. The minimum atomic E-state index is -1.35. The fraction of sp³-hybridized carbons (Fsp3) is 0.294. The van der Waals surface area contributed by atoms with Gasteiger partial charge >= 0.3 is 5.97 Å². The number of anilines is 1. The molecule has 12 nitrogen and oxygen atoms in total. The van der Waals surface area contributed by atoms with Gasteiger partial charge in [-0.25, -0.2) is 0 Å². The summed E-state index contributed by atoms with van der Waals surface area (Å²) in [6, 6.07) is 2.71. The van der Waals surface area contributed by atoms with E-state index >= 15 is 0 Å². The maximum absolute atomic E-state index is 14.7. The van der Waals surface area contributed by atoms with Crippen molar-refractivity contribution in [1.29, 1.82) is 0 Å². The van der Waals surface area contributed by atoms with Crippen molar-refractivity contribution in [2.75, 3.05) is 19.0 Å². The molecular weight excluding hydrogens is 596 g/mol. The number of rotatable bonds is 12. The second-order valence-electron chi connectivity index (χ2n) is 11.4. The molecule has 0 fully saturated rings. The number of allylic oxidation sites excluding steroid dienone is 1. The number of carboxylic acids is 1. The van der Waals surface area contributed by atoms with E-state index < -0.39 is 37.3 Å². The molecule has 0 aromatic heterocycles. The molecule has 1 aliphatic rings. The number of carbonyl (C=O) groups excluding carboxylic acids is 1. The second kappa shape index (κ2) is 11.7. The molecule has 0 aliphatic heterocycles. The first kappa shape index (κ1) is 31.0. The number of nitrogens with one attached hydrogen (secondary N) is 2. The molecule has 6 rings (SSSR count). The molecule has 0 radical (unpaired) electrons. The Morgan fingerprint density at radius 2 is 1.67 bits per heavy atom. The number of phenolic OH excluding ortho intramolecular Hbond substituents is 1. The van der Waals surface area contributed by atoms with Crippen LogP contribution in [0.1, 0.15) is 48.1 Å². The molecule has 0 saturated carbocycles. The molecular formula is C34H32N2O10. The van der Waals surface area contributed by atoms with Crippen molar-refractivity contribution in [2.45, 2.75) is 52.7 Å². The Hall–Kier alpha value is -5.04. The smallest absolute Gasteiger partial charge is 0.309 e. The van der Waals surface area contributed by atoms with Crippen LogP contribution in [0.2, 0.25) is 0 Å². The summed E-state index contributed by atoms with van der Waals surface area (Å²) >= 11 is 0. The van der Waals surface area contributed by atoms with Gasteiger partial charge in [-0.15, -0.1) is 0 Å². The van der Waals surface area contributed by atoms with Crippen LogP contribution in [-0.4, -0.2) is 52.8 Å². The van der Waals surface area contributed by atoms with Gasteiger partial charge in [-0.05, 0) is 70.3 Å². The molecule has 5 aromatic rings. The summed E-state index contributed by atoms with van der Waals surface area (Å²) in [7, 11) is 1.40. The highest BCUT2D eigenvalue weighted by Crippen LogP contribution is 2.53. The van der Waals surface area contributed by atoms with Crippen LogP contribution >= 0.6 is 0 Å². The predicted molar refractivity (Wildman–Crippen MR) is 173 cm³/mol. The van der Waals surface area contributed by atoms with Crippen molar-refractivity contribution >= 4 is 67.3 Å². The normalized spacial score (nSPS) is 13.5. The number of fused-ring (bicyclic) bond motifs is 1. The van der Waals surface area contributed by atoms with Gasteiger partial charge in [0.05, 0.1) is 31.1 Å². The minimum Gasteiger partial charge on any atom is -0.504 e. The summed E-state index contributed by atoms with van der Waals surface area (Å²) < 4.78 is 10.7. The highest BCUT2D eigenvalue weighted by atomic mass is 16.5. The van der Waals surface area contributed by atoms with E-state index in [9.17, 15) is 39.6 Å². The van der Waals surface area contributed by atoms with E-state index in [4.69, 9.17) is 9.47 Å². The van der Waals surface area contributed by atoms with Crippen molar-refractivity contribution in [3.8, 4) is 11.5 Å². The average molecular weight is 629 g/mol. The monoisotopic (exact) mass is 628 g/mol. The van der Waals surface area contributed by atoms with E-state index in [0.717, 1.165) is 5.57 Å². The SMILES string of the molecule is CCNCc1c2c3c4c(c(OC)c(O)c5c(=O)cc(CO)c(c6c(CO)cc(NC(CC(=O)O)OC=O)c(c1=O)c63)c54)CC(C)=C2. The quantitative estimate of drug-likeness (QED) is 0.0513. The third-order valence-electron chi connectivity index (χ3n) is 8.74. The number of ether oxygens (including phenoxy) is 2. The molecule has 0 saturated heterocycles. The zero-order chi connectivity index (χ0) is 33.0. The van der Waals surface area contributed by atoms with Crippen molar-refractivity contribution in [1.82, 2.24) is 5.32 Å². The van der Waals surface area contributed by atoms with Gasteiger partial charge < -0.3 is 40.5 Å². The van der Waals surface area contributed by atoms with Crippen molar-refractivity contribution in [3.05, 3.63) is 66.0 Å². The van der Waals surface area contributed by atoms with E-state index in [-0.39, 0.29) is 52.0 Å². The number of benzene rings is 5. The maximum atomic E-state index is 14.7. The molecule has 6 N–H and O–H groups in total. The molecule has 0 amide bonds. The van der Waals surface area contributed by atoms with Gasteiger partial charge in [-0.1, -0.05) is 18.6 Å². The van der Waals surface area contributed by atoms with Crippen molar-refractivity contribution < 1.29 is 39.5 Å². The molecule has 12 heteroatoms. The molecule has 1 aliphatic carbocycles. The van der Waals surface area contributed by atoms with Crippen molar-refractivity contribution in [3.63, 3.8) is 0 Å². The van der Waals surface area contributed by atoms with Crippen LogP contribution in [0.25, 0.3) is 49.2 Å². The fourth-order valence-corrected chi connectivity index (χ4v) is 7.05. The number of carbonyl (C=O) groups is 2. The number of carboxylic acid groups (broad SMARTS) is 1. The number of methoxy groups -OCH3 is 1. The summed E-state index contributed by atoms with van der Waals surface area (Å²) in [6.07, 6.45) is 0.231. The Kier molecular flexibility index (Phi) is 7.88. The zero-order valence-electron chi connectivity index (χ0n) is 25.4.